The molecule has 2 amide bonds. The molecule has 0 spiro atoms. The summed E-state index contributed by atoms with van der Waals surface area (Å²) in [6.45, 7) is 2.68. The Morgan fingerprint density at radius 2 is 1.93 bits per heavy atom. The first-order valence-electron chi connectivity index (χ1n) is 9.08. The standard InChI is InChI=1S/C18H18N6O4S/c1-11(25)22-8-6-13(7-9-22)16(26)19-17-20-18-23(21-17)15(10-29-18)12-2-4-14(5-3-12)24(27)28/h2-5,10,13H,6-9H2,1H3,(H,19,21,26). The molecule has 1 aromatic carbocycles. The van der Waals surface area contributed by atoms with E-state index in [0.717, 1.165) is 11.3 Å². The van der Waals surface area contributed by atoms with Gasteiger partial charge in [0.1, 0.15) is 0 Å². The lowest BCUT2D eigenvalue weighted by atomic mass is 9.96. The first-order chi connectivity index (χ1) is 13.9. The van der Waals surface area contributed by atoms with Crippen molar-refractivity contribution in [3.63, 3.8) is 0 Å². The van der Waals surface area contributed by atoms with Crippen molar-refractivity contribution in [2.24, 2.45) is 5.92 Å². The molecule has 4 rings (SSSR count). The van der Waals surface area contributed by atoms with Gasteiger partial charge in [0, 0.05) is 49.0 Å². The van der Waals surface area contributed by atoms with Crippen molar-refractivity contribution >= 4 is 39.7 Å². The van der Waals surface area contributed by atoms with E-state index in [1.54, 1.807) is 21.5 Å². The third-order valence-electron chi connectivity index (χ3n) is 5.00. The Bertz CT molecular complexity index is 1080. The van der Waals surface area contributed by atoms with Crippen molar-refractivity contribution < 1.29 is 14.5 Å². The highest BCUT2D eigenvalue weighted by atomic mass is 32.1. The number of piperidine rings is 1. The molecule has 1 N–H and O–H groups in total. The predicted octanol–water partition coefficient (Wildman–Crippen LogP) is 2.56. The van der Waals surface area contributed by atoms with Crippen LogP contribution in [0.4, 0.5) is 11.6 Å². The number of nitro groups is 1. The Labute approximate surface area is 169 Å². The molecular weight excluding hydrogens is 396 g/mol. The van der Waals surface area contributed by atoms with E-state index < -0.39 is 4.92 Å². The Morgan fingerprint density at radius 3 is 2.55 bits per heavy atom. The zero-order valence-electron chi connectivity index (χ0n) is 15.6. The fraction of sp³-hybridized carbons (Fsp3) is 0.333. The van der Waals surface area contributed by atoms with Crippen molar-refractivity contribution in [1.82, 2.24) is 19.5 Å². The number of carbonyl (C=O) groups excluding carboxylic acids is 2. The van der Waals surface area contributed by atoms with E-state index in [1.165, 1.54) is 30.4 Å². The molecule has 1 saturated heterocycles. The van der Waals surface area contributed by atoms with E-state index in [0.29, 0.717) is 30.9 Å². The van der Waals surface area contributed by atoms with Crippen LogP contribution in [0, 0.1) is 16.0 Å². The third-order valence-corrected chi connectivity index (χ3v) is 5.82. The number of aromatic nitrogens is 3. The second-order valence-corrected chi connectivity index (χ2v) is 7.66. The molecule has 0 bridgehead atoms. The molecule has 0 radical (unpaired) electrons. The van der Waals surface area contributed by atoms with Gasteiger partial charge in [-0.15, -0.1) is 16.4 Å². The number of hydrogen-bond acceptors (Lipinski definition) is 7. The molecule has 10 nitrogen and oxygen atoms in total. The maximum absolute atomic E-state index is 12.5. The van der Waals surface area contributed by atoms with Crippen LogP contribution in [0.3, 0.4) is 0 Å². The predicted molar refractivity (Wildman–Crippen MR) is 107 cm³/mol. The highest BCUT2D eigenvalue weighted by Crippen LogP contribution is 2.27. The number of hydrogen-bond donors (Lipinski definition) is 1. The normalized spacial score (nSPS) is 14.9. The lowest BCUT2D eigenvalue weighted by molar-refractivity contribution is -0.384. The summed E-state index contributed by atoms with van der Waals surface area (Å²) in [5.74, 6) is -0.0812. The number of carbonyl (C=O) groups is 2. The van der Waals surface area contributed by atoms with Crippen LogP contribution < -0.4 is 5.32 Å². The van der Waals surface area contributed by atoms with Crippen LogP contribution in [0.5, 0.6) is 0 Å². The number of likely N-dealkylation sites (tertiary alicyclic amines) is 1. The van der Waals surface area contributed by atoms with E-state index in [-0.39, 0.29) is 29.4 Å². The average Bonchev–Trinajstić information content (AvgIpc) is 3.28. The number of nitrogens with zero attached hydrogens (tertiary/aromatic N) is 5. The van der Waals surface area contributed by atoms with Gasteiger partial charge in [0.2, 0.25) is 22.7 Å². The Morgan fingerprint density at radius 1 is 1.24 bits per heavy atom. The molecule has 150 valence electrons. The van der Waals surface area contributed by atoms with Crippen LogP contribution in [-0.2, 0) is 9.59 Å². The third kappa shape index (κ3) is 3.81. The minimum Gasteiger partial charge on any atom is -0.343 e. The summed E-state index contributed by atoms with van der Waals surface area (Å²) in [5, 5.41) is 19.8. The van der Waals surface area contributed by atoms with Gasteiger partial charge in [-0.25, -0.2) is 4.52 Å². The number of nitro benzene ring substituents is 1. The molecular formula is C18H18N6O4S. The highest BCUT2D eigenvalue weighted by Gasteiger charge is 2.27. The summed E-state index contributed by atoms with van der Waals surface area (Å²) in [5.41, 5.74) is 1.52. The maximum atomic E-state index is 12.5. The second-order valence-electron chi connectivity index (χ2n) is 6.82. The summed E-state index contributed by atoms with van der Waals surface area (Å²) in [4.78, 5) is 41.0. The molecule has 0 saturated carbocycles. The second kappa shape index (κ2) is 7.59. The van der Waals surface area contributed by atoms with Gasteiger partial charge in [0.15, 0.2) is 0 Å². The zero-order chi connectivity index (χ0) is 20.5. The molecule has 1 aliphatic rings. The molecule has 0 atom stereocenters. The molecule has 0 aliphatic carbocycles. The molecule has 3 aromatic rings. The van der Waals surface area contributed by atoms with Crippen LogP contribution in [0.2, 0.25) is 0 Å². The van der Waals surface area contributed by atoms with Crippen molar-refractivity contribution in [3.05, 3.63) is 39.8 Å². The van der Waals surface area contributed by atoms with Gasteiger partial charge in [-0.3, -0.25) is 25.0 Å². The van der Waals surface area contributed by atoms with E-state index >= 15 is 0 Å². The number of non-ortho nitro benzene ring substituents is 1. The van der Waals surface area contributed by atoms with Crippen molar-refractivity contribution in [2.75, 3.05) is 18.4 Å². The zero-order valence-corrected chi connectivity index (χ0v) is 16.4. The van der Waals surface area contributed by atoms with Gasteiger partial charge in [0.25, 0.3) is 5.69 Å². The summed E-state index contributed by atoms with van der Waals surface area (Å²) in [6, 6.07) is 6.18. The number of anilines is 1. The first-order valence-corrected chi connectivity index (χ1v) is 9.96. The summed E-state index contributed by atoms with van der Waals surface area (Å²) in [7, 11) is 0. The van der Waals surface area contributed by atoms with Gasteiger partial charge in [-0.2, -0.15) is 4.98 Å². The fourth-order valence-corrected chi connectivity index (χ4v) is 4.19. The van der Waals surface area contributed by atoms with Crippen LogP contribution in [0.15, 0.2) is 29.6 Å². The molecule has 3 heterocycles. The smallest absolute Gasteiger partial charge is 0.269 e. The summed E-state index contributed by atoms with van der Waals surface area (Å²) in [6.07, 6.45) is 1.23. The van der Waals surface area contributed by atoms with Gasteiger partial charge < -0.3 is 4.90 Å². The Balaban J connectivity index is 1.48. The van der Waals surface area contributed by atoms with Gasteiger partial charge in [0.05, 0.1) is 10.6 Å². The minimum atomic E-state index is -0.447. The van der Waals surface area contributed by atoms with E-state index in [2.05, 4.69) is 15.4 Å². The number of fused-ring (bicyclic) bond motifs is 1. The van der Waals surface area contributed by atoms with Gasteiger partial charge in [-0.05, 0) is 25.0 Å². The molecule has 1 fully saturated rings. The molecule has 1 aliphatic heterocycles. The maximum Gasteiger partial charge on any atom is 0.269 e. The van der Waals surface area contributed by atoms with Crippen molar-refractivity contribution in [3.8, 4) is 11.3 Å². The van der Waals surface area contributed by atoms with E-state index in [4.69, 9.17) is 0 Å². The monoisotopic (exact) mass is 414 g/mol. The van der Waals surface area contributed by atoms with Gasteiger partial charge >= 0.3 is 0 Å². The Kier molecular flexibility index (Phi) is 4.97. The molecule has 29 heavy (non-hydrogen) atoms. The van der Waals surface area contributed by atoms with Crippen molar-refractivity contribution in [1.29, 1.82) is 0 Å². The lowest BCUT2D eigenvalue weighted by Gasteiger charge is -2.30. The largest absolute Gasteiger partial charge is 0.343 e. The minimum absolute atomic E-state index is 0.0163. The topological polar surface area (TPSA) is 123 Å². The summed E-state index contributed by atoms with van der Waals surface area (Å²) < 4.78 is 1.61. The molecule has 0 unspecified atom stereocenters. The number of thiazole rings is 1. The van der Waals surface area contributed by atoms with E-state index in [9.17, 15) is 19.7 Å². The number of nitrogens with one attached hydrogen (secondary N) is 1. The SMILES string of the molecule is CC(=O)N1CCC(C(=O)Nc2nc3scc(-c4ccc([N+](=O)[O-])cc4)n3n2)CC1. The fourth-order valence-electron chi connectivity index (χ4n) is 3.36. The van der Waals surface area contributed by atoms with Crippen LogP contribution >= 0.6 is 11.3 Å². The van der Waals surface area contributed by atoms with Crippen LogP contribution in [-0.4, -0.2) is 49.3 Å². The molecule has 2 aromatic heterocycles. The number of benzene rings is 1. The number of rotatable bonds is 4. The average molecular weight is 414 g/mol. The van der Waals surface area contributed by atoms with Crippen molar-refractivity contribution in [2.45, 2.75) is 19.8 Å². The highest BCUT2D eigenvalue weighted by molar-refractivity contribution is 7.15. The summed E-state index contributed by atoms with van der Waals surface area (Å²) >= 11 is 1.37. The van der Waals surface area contributed by atoms with Crippen LogP contribution in [0.1, 0.15) is 19.8 Å². The molecule has 11 heteroatoms. The quantitative estimate of drug-likeness (QED) is 0.517. The lowest BCUT2D eigenvalue weighted by Crippen LogP contribution is -2.40. The van der Waals surface area contributed by atoms with Crippen LogP contribution in [0.25, 0.3) is 16.2 Å². The van der Waals surface area contributed by atoms with E-state index in [1.807, 2.05) is 5.38 Å². The first kappa shape index (κ1) is 19.0. The Hall–Kier alpha value is -3.34. The number of amides is 2. The van der Waals surface area contributed by atoms with Gasteiger partial charge in [-0.1, -0.05) is 0 Å².